The topological polar surface area (TPSA) is 84.2 Å². The van der Waals surface area contributed by atoms with Crippen molar-refractivity contribution in [1.29, 1.82) is 0 Å². The molecule has 0 saturated heterocycles. The third-order valence-electron chi connectivity index (χ3n) is 2.53. The molecule has 0 spiro atoms. The number of primary amides is 1. The van der Waals surface area contributed by atoms with Crippen LogP contribution in [0.3, 0.4) is 0 Å². The molecule has 1 atom stereocenters. The highest BCUT2D eigenvalue weighted by Gasteiger charge is 2.09. The van der Waals surface area contributed by atoms with E-state index in [1.807, 2.05) is 13.8 Å². The molecule has 2 amide bonds. The van der Waals surface area contributed by atoms with Crippen molar-refractivity contribution < 1.29 is 9.59 Å². The molecule has 1 aromatic rings. The number of likely N-dealkylation sites (N-methyl/N-ethyl adjacent to an activating group) is 1. The van der Waals surface area contributed by atoms with Gasteiger partial charge in [-0.3, -0.25) is 9.59 Å². The van der Waals surface area contributed by atoms with Gasteiger partial charge in [0.1, 0.15) is 0 Å². The van der Waals surface area contributed by atoms with Crippen LogP contribution in [0.1, 0.15) is 34.6 Å². The predicted octanol–water partition coefficient (Wildman–Crippen LogP) is 0.513. The van der Waals surface area contributed by atoms with Crippen LogP contribution in [0.4, 0.5) is 0 Å². The Hall–Kier alpha value is -1.88. The molecule has 4 N–H and O–H groups in total. The van der Waals surface area contributed by atoms with Gasteiger partial charge in [-0.25, -0.2) is 0 Å². The Morgan fingerprint density at radius 1 is 1.33 bits per heavy atom. The van der Waals surface area contributed by atoms with Crippen LogP contribution in [0.15, 0.2) is 24.3 Å². The highest BCUT2D eigenvalue weighted by molar-refractivity contribution is 5.99. The molecule has 0 fully saturated rings. The monoisotopic (exact) mass is 249 g/mol. The molecule has 1 aromatic carbocycles. The van der Waals surface area contributed by atoms with Crippen molar-refractivity contribution in [2.75, 3.05) is 13.1 Å². The summed E-state index contributed by atoms with van der Waals surface area (Å²) in [7, 11) is 0. The largest absolute Gasteiger partial charge is 0.366 e. The second kappa shape index (κ2) is 6.76. The molecule has 5 nitrogen and oxygen atoms in total. The first-order valence-electron chi connectivity index (χ1n) is 5.96. The summed E-state index contributed by atoms with van der Waals surface area (Å²) in [5.74, 6) is -0.742. The van der Waals surface area contributed by atoms with Gasteiger partial charge >= 0.3 is 0 Å². The number of hydrogen-bond donors (Lipinski definition) is 3. The third-order valence-corrected chi connectivity index (χ3v) is 2.53. The van der Waals surface area contributed by atoms with Gasteiger partial charge in [-0.2, -0.15) is 0 Å². The van der Waals surface area contributed by atoms with Crippen LogP contribution in [0, 0.1) is 0 Å². The number of benzene rings is 1. The SMILES string of the molecule is CCN[C@H](C)CNC(=O)c1cccc(C(N)=O)c1. The summed E-state index contributed by atoms with van der Waals surface area (Å²) in [6.07, 6.45) is 0. The van der Waals surface area contributed by atoms with Crippen LogP contribution < -0.4 is 16.4 Å². The first kappa shape index (κ1) is 14.2. The predicted molar refractivity (Wildman–Crippen MR) is 70.4 cm³/mol. The lowest BCUT2D eigenvalue weighted by Gasteiger charge is -2.13. The first-order chi connectivity index (χ1) is 8.54. The summed E-state index contributed by atoms with van der Waals surface area (Å²) in [6.45, 7) is 5.39. The minimum atomic E-state index is -0.536. The standard InChI is InChI=1S/C13H19N3O2/c1-3-15-9(2)8-16-13(18)11-6-4-5-10(7-11)12(14)17/h4-7,9,15H,3,8H2,1-2H3,(H2,14,17)(H,16,18)/t9-/m1/s1. The van der Waals surface area contributed by atoms with Crippen LogP contribution in [0.5, 0.6) is 0 Å². The van der Waals surface area contributed by atoms with E-state index in [9.17, 15) is 9.59 Å². The average molecular weight is 249 g/mol. The van der Waals surface area contributed by atoms with Crippen molar-refractivity contribution in [2.24, 2.45) is 5.73 Å². The summed E-state index contributed by atoms with van der Waals surface area (Å²) in [5.41, 5.74) is 5.94. The lowest BCUT2D eigenvalue weighted by molar-refractivity contribution is 0.0950. The zero-order valence-corrected chi connectivity index (χ0v) is 10.7. The molecule has 0 aromatic heterocycles. The fourth-order valence-electron chi connectivity index (χ4n) is 1.58. The van der Waals surface area contributed by atoms with Crippen molar-refractivity contribution in [2.45, 2.75) is 19.9 Å². The molecule has 0 aliphatic rings. The molecular formula is C13H19N3O2. The highest BCUT2D eigenvalue weighted by atomic mass is 16.2. The van der Waals surface area contributed by atoms with E-state index < -0.39 is 5.91 Å². The van der Waals surface area contributed by atoms with Gasteiger partial charge in [-0.05, 0) is 31.7 Å². The van der Waals surface area contributed by atoms with Gasteiger partial charge in [-0.15, -0.1) is 0 Å². The molecule has 0 saturated carbocycles. The maximum Gasteiger partial charge on any atom is 0.251 e. The molecular weight excluding hydrogens is 230 g/mol. The summed E-state index contributed by atoms with van der Waals surface area (Å²) < 4.78 is 0. The van der Waals surface area contributed by atoms with Crippen molar-refractivity contribution in [1.82, 2.24) is 10.6 Å². The molecule has 0 aliphatic carbocycles. The molecule has 5 heteroatoms. The Labute approximate surface area is 107 Å². The van der Waals surface area contributed by atoms with E-state index in [4.69, 9.17) is 5.73 Å². The lowest BCUT2D eigenvalue weighted by atomic mass is 10.1. The van der Waals surface area contributed by atoms with E-state index >= 15 is 0 Å². The van der Waals surface area contributed by atoms with E-state index in [1.54, 1.807) is 18.2 Å². The lowest BCUT2D eigenvalue weighted by Crippen LogP contribution is -2.38. The Kier molecular flexibility index (Phi) is 5.32. The quantitative estimate of drug-likeness (QED) is 0.687. The average Bonchev–Trinajstić information content (AvgIpc) is 2.36. The number of amides is 2. The number of nitrogens with two attached hydrogens (primary N) is 1. The maximum atomic E-state index is 11.8. The van der Waals surface area contributed by atoms with Crippen LogP contribution in [0.2, 0.25) is 0 Å². The Morgan fingerprint density at radius 2 is 2.00 bits per heavy atom. The van der Waals surface area contributed by atoms with Gasteiger partial charge in [-0.1, -0.05) is 13.0 Å². The van der Waals surface area contributed by atoms with Crippen LogP contribution in [-0.4, -0.2) is 30.9 Å². The molecule has 0 aliphatic heterocycles. The van der Waals surface area contributed by atoms with Crippen LogP contribution >= 0.6 is 0 Å². The summed E-state index contributed by atoms with van der Waals surface area (Å²) in [5, 5.41) is 5.99. The highest BCUT2D eigenvalue weighted by Crippen LogP contribution is 2.04. The number of carbonyl (C=O) groups excluding carboxylic acids is 2. The van der Waals surface area contributed by atoms with Gasteiger partial charge in [0, 0.05) is 23.7 Å². The van der Waals surface area contributed by atoms with Gasteiger partial charge < -0.3 is 16.4 Å². The van der Waals surface area contributed by atoms with Gasteiger partial charge in [0.2, 0.25) is 5.91 Å². The number of nitrogens with one attached hydrogen (secondary N) is 2. The van der Waals surface area contributed by atoms with E-state index in [0.717, 1.165) is 6.54 Å². The van der Waals surface area contributed by atoms with Gasteiger partial charge in [0.25, 0.3) is 5.91 Å². The Morgan fingerprint density at radius 3 is 2.61 bits per heavy atom. The normalized spacial score (nSPS) is 11.9. The molecule has 0 unspecified atom stereocenters. The van der Waals surface area contributed by atoms with E-state index in [1.165, 1.54) is 6.07 Å². The molecule has 18 heavy (non-hydrogen) atoms. The fraction of sp³-hybridized carbons (Fsp3) is 0.385. The first-order valence-corrected chi connectivity index (χ1v) is 5.96. The van der Waals surface area contributed by atoms with E-state index in [2.05, 4.69) is 10.6 Å². The molecule has 0 heterocycles. The Balaban J connectivity index is 2.61. The van der Waals surface area contributed by atoms with Crippen LogP contribution in [0.25, 0.3) is 0 Å². The Bertz CT molecular complexity index is 432. The van der Waals surface area contributed by atoms with Gasteiger partial charge in [0.05, 0.1) is 0 Å². The third kappa shape index (κ3) is 4.18. The van der Waals surface area contributed by atoms with Crippen molar-refractivity contribution in [3.05, 3.63) is 35.4 Å². The second-order valence-electron chi connectivity index (χ2n) is 4.11. The van der Waals surface area contributed by atoms with Crippen molar-refractivity contribution in [3.8, 4) is 0 Å². The summed E-state index contributed by atoms with van der Waals surface area (Å²) >= 11 is 0. The summed E-state index contributed by atoms with van der Waals surface area (Å²) in [4.78, 5) is 22.8. The smallest absolute Gasteiger partial charge is 0.251 e. The van der Waals surface area contributed by atoms with Gasteiger partial charge in [0.15, 0.2) is 0 Å². The van der Waals surface area contributed by atoms with E-state index in [0.29, 0.717) is 17.7 Å². The zero-order chi connectivity index (χ0) is 13.5. The van der Waals surface area contributed by atoms with Crippen molar-refractivity contribution >= 4 is 11.8 Å². The van der Waals surface area contributed by atoms with Crippen LogP contribution in [-0.2, 0) is 0 Å². The number of rotatable bonds is 6. The summed E-state index contributed by atoms with van der Waals surface area (Å²) in [6, 6.07) is 6.58. The van der Waals surface area contributed by atoms with E-state index in [-0.39, 0.29) is 11.9 Å². The maximum absolute atomic E-state index is 11.8. The number of carbonyl (C=O) groups is 2. The zero-order valence-electron chi connectivity index (χ0n) is 10.7. The second-order valence-corrected chi connectivity index (χ2v) is 4.11. The minimum Gasteiger partial charge on any atom is -0.366 e. The molecule has 0 radical (unpaired) electrons. The minimum absolute atomic E-state index is 0.206. The van der Waals surface area contributed by atoms with Crippen molar-refractivity contribution in [3.63, 3.8) is 0 Å². The fourth-order valence-corrected chi connectivity index (χ4v) is 1.58. The molecule has 98 valence electrons. The molecule has 1 rings (SSSR count). The number of hydrogen-bond acceptors (Lipinski definition) is 3. The molecule has 0 bridgehead atoms.